The molecule has 1 aromatic carbocycles. The van der Waals surface area contributed by atoms with Crippen molar-refractivity contribution in [1.82, 2.24) is 0 Å². The summed E-state index contributed by atoms with van der Waals surface area (Å²) in [5.41, 5.74) is -0.213. The van der Waals surface area contributed by atoms with Crippen molar-refractivity contribution in [2.75, 3.05) is 5.32 Å². The molecule has 0 aliphatic rings. The van der Waals surface area contributed by atoms with E-state index in [0.29, 0.717) is 0 Å². The van der Waals surface area contributed by atoms with Crippen LogP contribution in [0.1, 0.15) is 0 Å². The van der Waals surface area contributed by atoms with Gasteiger partial charge >= 0.3 is 0 Å². The molecule has 64 valence electrons. The minimum absolute atomic E-state index is 0.213. The Kier molecular flexibility index (Phi) is 2.65. The summed E-state index contributed by atoms with van der Waals surface area (Å²) in [4.78, 5) is 10.3. The number of nitrogens with one attached hydrogen (secondary N) is 1. The van der Waals surface area contributed by atoms with Crippen LogP contribution in [-0.4, -0.2) is 5.24 Å². The fourth-order valence-corrected chi connectivity index (χ4v) is 0.829. The van der Waals surface area contributed by atoms with Crippen LogP contribution in [0.3, 0.4) is 0 Å². The van der Waals surface area contributed by atoms with E-state index < -0.39 is 16.9 Å². The van der Waals surface area contributed by atoms with Crippen molar-refractivity contribution >= 4 is 23.6 Å². The van der Waals surface area contributed by atoms with E-state index >= 15 is 0 Å². The topological polar surface area (TPSA) is 29.1 Å². The number of rotatable bonds is 1. The summed E-state index contributed by atoms with van der Waals surface area (Å²) in [6, 6.07) is 2.77. The molecule has 12 heavy (non-hydrogen) atoms. The van der Waals surface area contributed by atoms with E-state index in [-0.39, 0.29) is 5.69 Å². The van der Waals surface area contributed by atoms with Crippen LogP contribution in [0.4, 0.5) is 19.3 Å². The molecule has 0 aliphatic carbocycles. The third-order valence-corrected chi connectivity index (χ3v) is 1.28. The maximum atomic E-state index is 12.7. The minimum Gasteiger partial charge on any atom is -0.314 e. The van der Waals surface area contributed by atoms with E-state index in [1.54, 1.807) is 0 Å². The zero-order valence-electron chi connectivity index (χ0n) is 5.84. The predicted molar refractivity (Wildman–Crippen MR) is 44.4 cm³/mol. The number of carbonyl (C=O) groups is 1. The van der Waals surface area contributed by atoms with Gasteiger partial charge in [0.05, 0.1) is 5.69 Å². The monoisotopic (exact) mass is 189 g/mol. The lowest BCUT2D eigenvalue weighted by molar-refractivity contribution is 0.270. The summed E-state index contributed by atoms with van der Waals surface area (Å²) in [5.74, 6) is -1.31. The number of carbonyl (C=O) groups excluding carboxylic acids is 1. The maximum Gasteiger partial charge on any atom is 0.280 e. The molecule has 0 fully saturated rings. The Hall–Kier alpha value is -1.10. The fourth-order valence-electron chi connectivity index (χ4n) is 0.708. The van der Waals surface area contributed by atoms with Crippen LogP contribution < -0.4 is 5.32 Å². The van der Waals surface area contributed by atoms with Gasteiger partial charge < -0.3 is 5.32 Å². The van der Waals surface area contributed by atoms with Gasteiger partial charge in [-0.25, -0.2) is 8.78 Å². The van der Waals surface area contributed by atoms with E-state index in [2.05, 4.69) is 12.6 Å². The molecule has 0 unspecified atom stereocenters. The largest absolute Gasteiger partial charge is 0.314 e. The molecule has 1 rings (SSSR count). The molecule has 0 aliphatic heterocycles. The van der Waals surface area contributed by atoms with E-state index in [4.69, 9.17) is 0 Å². The van der Waals surface area contributed by atoms with Crippen molar-refractivity contribution in [2.45, 2.75) is 0 Å². The molecule has 0 atom stereocenters. The third-order valence-electron chi connectivity index (χ3n) is 1.17. The van der Waals surface area contributed by atoms with Crippen LogP contribution in [0.15, 0.2) is 18.2 Å². The summed E-state index contributed by atoms with van der Waals surface area (Å²) in [5, 5.41) is 1.29. The lowest BCUT2D eigenvalue weighted by Gasteiger charge is -2.01. The highest BCUT2D eigenvalue weighted by Crippen LogP contribution is 2.15. The van der Waals surface area contributed by atoms with Crippen molar-refractivity contribution in [3.63, 3.8) is 0 Å². The number of benzene rings is 1. The molecular weight excluding hydrogens is 184 g/mol. The maximum absolute atomic E-state index is 12.7. The second-order valence-electron chi connectivity index (χ2n) is 2.05. The smallest absolute Gasteiger partial charge is 0.280 e. The van der Waals surface area contributed by atoms with Gasteiger partial charge in [-0.1, -0.05) is 12.6 Å². The molecule has 0 bridgehead atoms. The second kappa shape index (κ2) is 3.53. The first kappa shape index (κ1) is 8.99. The highest BCUT2D eigenvalue weighted by Gasteiger charge is 2.04. The quantitative estimate of drug-likeness (QED) is 0.653. The van der Waals surface area contributed by atoms with Crippen LogP contribution in [0.5, 0.6) is 0 Å². The highest BCUT2D eigenvalue weighted by molar-refractivity contribution is 7.96. The SMILES string of the molecule is O=C(S)Nc1cc(F)ccc1F. The summed E-state index contributed by atoms with van der Waals surface area (Å²) in [7, 11) is 0. The van der Waals surface area contributed by atoms with Crippen molar-refractivity contribution in [3.8, 4) is 0 Å². The zero-order valence-corrected chi connectivity index (χ0v) is 6.74. The molecule has 1 aromatic rings. The van der Waals surface area contributed by atoms with Gasteiger partial charge in [0, 0.05) is 6.07 Å². The summed E-state index contributed by atoms with van der Waals surface area (Å²) in [6.07, 6.45) is 0. The van der Waals surface area contributed by atoms with Gasteiger partial charge in [0.25, 0.3) is 5.24 Å². The first-order valence-corrected chi connectivity index (χ1v) is 3.49. The lowest BCUT2D eigenvalue weighted by atomic mass is 10.3. The molecule has 0 saturated carbocycles. The Morgan fingerprint density at radius 3 is 2.67 bits per heavy atom. The number of thiol groups is 1. The van der Waals surface area contributed by atoms with Crippen molar-refractivity contribution in [3.05, 3.63) is 29.8 Å². The van der Waals surface area contributed by atoms with Crippen LogP contribution in [0, 0.1) is 11.6 Å². The van der Waals surface area contributed by atoms with Gasteiger partial charge in [-0.15, -0.1) is 0 Å². The van der Waals surface area contributed by atoms with Crippen molar-refractivity contribution in [1.29, 1.82) is 0 Å². The van der Waals surface area contributed by atoms with Crippen LogP contribution >= 0.6 is 12.6 Å². The lowest BCUT2D eigenvalue weighted by Crippen LogP contribution is -2.03. The summed E-state index contributed by atoms with van der Waals surface area (Å²) >= 11 is 3.35. The average Bonchev–Trinajstić information content (AvgIpc) is 1.96. The normalized spacial score (nSPS) is 9.58. The van der Waals surface area contributed by atoms with E-state index in [0.717, 1.165) is 18.2 Å². The Bertz CT molecular complexity index is 316. The van der Waals surface area contributed by atoms with Gasteiger partial charge in [0.15, 0.2) is 0 Å². The third kappa shape index (κ3) is 2.20. The fraction of sp³-hybridized carbons (Fsp3) is 0. The first-order chi connectivity index (χ1) is 5.59. The number of anilines is 1. The summed E-state index contributed by atoms with van der Waals surface area (Å²) < 4.78 is 25.2. The van der Waals surface area contributed by atoms with Gasteiger partial charge in [-0.2, -0.15) is 0 Å². The molecule has 1 N–H and O–H groups in total. The Morgan fingerprint density at radius 2 is 2.08 bits per heavy atom. The molecule has 0 saturated heterocycles. The molecule has 1 amide bonds. The zero-order chi connectivity index (χ0) is 9.14. The van der Waals surface area contributed by atoms with E-state index in [1.807, 2.05) is 5.32 Å². The second-order valence-corrected chi connectivity index (χ2v) is 2.46. The molecule has 0 radical (unpaired) electrons. The summed E-state index contributed by atoms with van der Waals surface area (Å²) in [6.45, 7) is 0. The standard InChI is InChI=1S/C7H5F2NOS/c8-4-1-2-5(9)6(3-4)10-7(11)12/h1-3H,(H2,10,11,12). The van der Waals surface area contributed by atoms with Crippen LogP contribution in [-0.2, 0) is 0 Å². The van der Waals surface area contributed by atoms with Gasteiger partial charge in [0.1, 0.15) is 11.6 Å². The number of hydrogen-bond donors (Lipinski definition) is 2. The number of hydrogen-bond acceptors (Lipinski definition) is 1. The number of amides is 1. The van der Waals surface area contributed by atoms with E-state index in [9.17, 15) is 13.6 Å². The van der Waals surface area contributed by atoms with Crippen molar-refractivity contribution < 1.29 is 13.6 Å². The first-order valence-electron chi connectivity index (χ1n) is 3.04. The Balaban J connectivity index is 2.97. The minimum atomic E-state index is -0.737. The molecule has 0 spiro atoms. The predicted octanol–water partition coefficient (Wildman–Crippen LogP) is 2.43. The Labute approximate surface area is 73.0 Å². The highest BCUT2D eigenvalue weighted by atomic mass is 32.1. The molecule has 5 heteroatoms. The van der Waals surface area contributed by atoms with Gasteiger partial charge in [0.2, 0.25) is 0 Å². The molecule has 2 nitrogen and oxygen atoms in total. The van der Waals surface area contributed by atoms with E-state index in [1.165, 1.54) is 0 Å². The van der Waals surface area contributed by atoms with Crippen molar-refractivity contribution in [2.24, 2.45) is 0 Å². The van der Waals surface area contributed by atoms with Crippen LogP contribution in [0.2, 0.25) is 0 Å². The molecule has 0 aromatic heterocycles. The Morgan fingerprint density at radius 1 is 1.42 bits per heavy atom. The average molecular weight is 189 g/mol. The molecule has 0 heterocycles. The van der Waals surface area contributed by atoms with Gasteiger partial charge in [-0.3, -0.25) is 4.79 Å². The molecular formula is C7H5F2NOS. The van der Waals surface area contributed by atoms with Gasteiger partial charge in [-0.05, 0) is 12.1 Å². The number of halogens is 2. The van der Waals surface area contributed by atoms with Crippen LogP contribution in [0.25, 0.3) is 0 Å².